The van der Waals surface area contributed by atoms with Crippen LogP contribution in [0.25, 0.3) is 4.96 Å². The highest BCUT2D eigenvalue weighted by Crippen LogP contribution is 2.23. The Balaban J connectivity index is 1.29. The van der Waals surface area contributed by atoms with Crippen LogP contribution >= 0.6 is 11.3 Å². The minimum atomic E-state index is 0.270. The monoisotopic (exact) mass is 382 g/mol. The average Bonchev–Trinajstić information content (AvgIpc) is 3.25. The number of aryl methyl sites for hydroxylation is 2. The highest BCUT2D eigenvalue weighted by atomic mass is 32.1. The lowest BCUT2D eigenvalue weighted by Crippen LogP contribution is -2.45. The van der Waals surface area contributed by atoms with E-state index in [2.05, 4.69) is 57.2 Å². The fraction of sp³-hybridized carbons (Fsp3) is 0.429. The summed E-state index contributed by atoms with van der Waals surface area (Å²) < 4.78 is 2.12. The number of piperidine rings is 1. The van der Waals surface area contributed by atoms with E-state index in [0.717, 1.165) is 43.0 Å². The quantitative estimate of drug-likeness (QED) is 0.675. The van der Waals surface area contributed by atoms with E-state index in [0.29, 0.717) is 12.5 Å². The Labute approximate surface area is 164 Å². The molecule has 5 nitrogen and oxygen atoms in total. The number of amides is 1. The smallest absolute Gasteiger partial charge is 0.222 e. The zero-order chi connectivity index (χ0) is 18.8. The molecule has 6 heteroatoms. The number of aromatic nitrogens is 2. The molecule has 4 rings (SSSR count). The Morgan fingerprint density at radius 2 is 2.00 bits per heavy atom. The molecule has 0 saturated carbocycles. The van der Waals surface area contributed by atoms with E-state index in [9.17, 15) is 4.79 Å². The van der Waals surface area contributed by atoms with Gasteiger partial charge in [-0.25, -0.2) is 4.98 Å². The van der Waals surface area contributed by atoms with Gasteiger partial charge in [-0.2, -0.15) is 0 Å². The van der Waals surface area contributed by atoms with Crippen LogP contribution < -0.4 is 4.90 Å². The predicted octanol–water partition coefficient (Wildman–Crippen LogP) is 3.76. The van der Waals surface area contributed by atoms with Crippen molar-refractivity contribution >= 4 is 27.9 Å². The van der Waals surface area contributed by atoms with Crippen LogP contribution in [0.2, 0.25) is 0 Å². The second kappa shape index (κ2) is 7.72. The van der Waals surface area contributed by atoms with Gasteiger partial charge in [-0.05, 0) is 38.3 Å². The van der Waals surface area contributed by atoms with Gasteiger partial charge in [0.2, 0.25) is 5.91 Å². The number of anilines is 1. The minimum absolute atomic E-state index is 0.270. The van der Waals surface area contributed by atoms with Crippen LogP contribution in [-0.4, -0.2) is 46.4 Å². The molecule has 0 N–H and O–H groups in total. The summed E-state index contributed by atoms with van der Waals surface area (Å²) in [5, 5.41) is 2.12. The van der Waals surface area contributed by atoms with Crippen molar-refractivity contribution in [2.75, 3.05) is 25.0 Å². The summed E-state index contributed by atoms with van der Waals surface area (Å²) in [4.78, 5) is 22.6. The molecule has 1 aliphatic heterocycles. The zero-order valence-corrected chi connectivity index (χ0v) is 16.8. The van der Waals surface area contributed by atoms with E-state index in [1.165, 1.54) is 11.4 Å². The number of thiazole rings is 1. The molecule has 1 fully saturated rings. The van der Waals surface area contributed by atoms with Crippen LogP contribution in [0.15, 0.2) is 41.9 Å². The van der Waals surface area contributed by atoms with Gasteiger partial charge in [-0.15, -0.1) is 11.3 Å². The molecule has 2 aromatic heterocycles. The van der Waals surface area contributed by atoms with Gasteiger partial charge in [0.15, 0.2) is 4.96 Å². The van der Waals surface area contributed by atoms with Gasteiger partial charge in [0, 0.05) is 55.6 Å². The Hall–Kier alpha value is -2.34. The lowest BCUT2D eigenvalue weighted by molar-refractivity contribution is -0.132. The molecule has 0 atom stereocenters. The third-order valence-electron chi connectivity index (χ3n) is 5.53. The van der Waals surface area contributed by atoms with Crippen molar-refractivity contribution in [3.63, 3.8) is 0 Å². The van der Waals surface area contributed by atoms with E-state index in [1.807, 2.05) is 17.9 Å². The number of benzene rings is 1. The number of carbonyl (C=O) groups is 1. The van der Waals surface area contributed by atoms with Crippen molar-refractivity contribution in [1.82, 2.24) is 14.3 Å². The van der Waals surface area contributed by atoms with E-state index in [4.69, 9.17) is 0 Å². The second-order valence-corrected chi connectivity index (χ2v) is 8.16. The molecular formula is C21H26N4OS. The number of likely N-dealkylation sites (tertiary alicyclic amines) is 1. The third-order valence-corrected chi connectivity index (χ3v) is 6.42. The topological polar surface area (TPSA) is 40.9 Å². The third kappa shape index (κ3) is 3.86. The first-order chi connectivity index (χ1) is 13.1. The maximum atomic E-state index is 12.7. The van der Waals surface area contributed by atoms with Crippen molar-refractivity contribution in [3.05, 3.63) is 53.3 Å². The first-order valence-electron chi connectivity index (χ1n) is 9.59. The number of hydrogen-bond donors (Lipinski definition) is 0. The summed E-state index contributed by atoms with van der Waals surface area (Å²) in [5.74, 6) is 0.270. The van der Waals surface area contributed by atoms with E-state index in [-0.39, 0.29) is 5.91 Å². The predicted molar refractivity (Wildman–Crippen MR) is 111 cm³/mol. The minimum Gasteiger partial charge on any atom is -0.371 e. The molecule has 1 amide bonds. The van der Waals surface area contributed by atoms with Gasteiger partial charge in [-0.3, -0.25) is 9.20 Å². The molecule has 142 valence electrons. The highest BCUT2D eigenvalue weighted by molar-refractivity contribution is 7.15. The second-order valence-electron chi connectivity index (χ2n) is 7.32. The van der Waals surface area contributed by atoms with Crippen molar-refractivity contribution in [1.29, 1.82) is 0 Å². The summed E-state index contributed by atoms with van der Waals surface area (Å²) in [6, 6.07) is 11.0. The van der Waals surface area contributed by atoms with Crippen LogP contribution in [0.3, 0.4) is 0 Å². The Morgan fingerprint density at radius 3 is 2.74 bits per heavy atom. The van der Waals surface area contributed by atoms with E-state index < -0.39 is 0 Å². The van der Waals surface area contributed by atoms with Crippen LogP contribution in [0.1, 0.15) is 30.7 Å². The number of fused-ring (bicyclic) bond motifs is 1. The molecule has 1 aromatic carbocycles. The summed E-state index contributed by atoms with van der Waals surface area (Å²) in [6.45, 7) is 3.71. The van der Waals surface area contributed by atoms with Gasteiger partial charge >= 0.3 is 0 Å². The number of carbonyl (C=O) groups excluding carboxylic acids is 1. The fourth-order valence-corrected chi connectivity index (χ4v) is 4.84. The maximum absolute atomic E-state index is 12.7. The first kappa shape index (κ1) is 18.0. The molecule has 27 heavy (non-hydrogen) atoms. The summed E-state index contributed by atoms with van der Waals surface area (Å²) >= 11 is 1.64. The van der Waals surface area contributed by atoms with E-state index >= 15 is 0 Å². The molecule has 0 radical (unpaired) electrons. The van der Waals surface area contributed by atoms with E-state index in [1.54, 1.807) is 11.3 Å². The lowest BCUT2D eigenvalue weighted by Gasteiger charge is -2.38. The van der Waals surface area contributed by atoms with Crippen molar-refractivity contribution in [2.45, 2.75) is 38.6 Å². The number of imidazole rings is 1. The van der Waals surface area contributed by atoms with Crippen LogP contribution in [0, 0.1) is 6.92 Å². The Kier molecular flexibility index (Phi) is 5.16. The first-order valence-corrected chi connectivity index (χ1v) is 10.5. The number of nitrogens with zero attached hydrogens (tertiary/aromatic N) is 4. The Bertz CT molecular complexity index is 909. The van der Waals surface area contributed by atoms with Crippen LogP contribution in [0.4, 0.5) is 5.69 Å². The molecule has 3 heterocycles. The van der Waals surface area contributed by atoms with Crippen molar-refractivity contribution in [2.24, 2.45) is 0 Å². The van der Waals surface area contributed by atoms with Gasteiger partial charge in [0.25, 0.3) is 0 Å². The van der Waals surface area contributed by atoms with Crippen LogP contribution in [0.5, 0.6) is 0 Å². The molecule has 3 aromatic rings. The van der Waals surface area contributed by atoms with Crippen LogP contribution in [-0.2, 0) is 11.2 Å². The van der Waals surface area contributed by atoms with Gasteiger partial charge in [-0.1, -0.05) is 18.2 Å². The molecule has 0 aliphatic carbocycles. The standard InChI is InChI=1S/C21H26N4OS/c1-16-14-25-19(15-27-21(25)22-16)8-9-20(26)24-12-10-18(11-13-24)23(2)17-6-4-3-5-7-17/h3-7,14-15,18H,8-13H2,1-2H3. The molecule has 0 bridgehead atoms. The average molecular weight is 383 g/mol. The SMILES string of the molecule is Cc1cn2c(CCC(=O)N3CCC(N(C)c4ccccc4)CC3)csc2n1. The molecule has 0 spiro atoms. The largest absolute Gasteiger partial charge is 0.371 e. The van der Waals surface area contributed by atoms with Gasteiger partial charge in [0.05, 0.1) is 5.69 Å². The molecule has 0 unspecified atom stereocenters. The highest BCUT2D eigenvalue weighted by Gasteiger charge is 2.25. The lowest BCUT2D eigenvalue weighted by atomic mass is 10.0. The molecule has 1 saturated heterocycles. The Morgan fingerprint density at radius 1 is 1.26 bits per heavy atom. The zero-order valence-electron chi connectivity index (χ0n) is 16.0. The van der Waals surface area contributed by atoms with Gasteiger partial charge in [0.1, 0.15) is 0 Å². The number of hydrogen-bond acceptors (Lipinski definition) is 4. The maximum Gasteiger partial charge on any atom is 0.222 e. The normalized spacial score (nSPS) is 15.4. The van der Waals surface area contributed by atoms with Crippen molar-refractivity contribution < 1.29 is 4.79 Å². The fourth-order valence-electron chi connectivity index (χ4n) is 3.89. The summed E-state index contributed by atoms with van der Waals surface area (Å²) in [5.41, 5.74) is 3.46. The summed E-state index contributed by atoms with van der Waals surface area (Å²) in [7, 11) is 2.16. The number of para-hydroxylation sites is 1. The molecular weight excluding hydrogens is 356 g/mol. The van der Waals surface area contributed by atoms with Crippen molar-refractivity contribution in [3.8, 4) is 0 Å². The number of rotatable bonds is 5. The summed E-state index contributed by atoms with van der Waals surface area (Å²) in [6.07, 6.45) is 5.46. The van der Waals surface area contributed by atoms with Gasteiger partial charge < -0.3 is 9.80 Å². The molecule has 1 aliphatic rings.